The third-order valence-corrected chi connectivity index (χ3v) is 6.59. The first-order chi connectivity index (χ1) is 12.3. The van der Waals surface area contributed by atoms with E-state index in [2.05, 4.69) is 58.3 Å². The van der Waals surface area contributed by atoms with E-state index in [9.17, 15) is 9.59 Å². The lowest BCUT2D eigenvalue weighted by Gasteiger charge is -2.32. The Morgan fingerprint density at radius 1 is 1.04 bits per heavy atom. The summed E-state index contributed by atoms with van der Waals surface area (Å²) in [6.07, 6.45) is 5.30. The number of hydrogen-bond donors (Lipinski definition) is 0. The molecule has 1 saturated heterocycles. The summed E-state index contributed by atoms with van der Waals surface area (Å²) in [6, 6.07) is 6.57. The van der Waals surface area contributed by atoms with Gasteiger partial charge < -0.3 is 4.48 Å². The average Bonchev–Trinajstić information content (AvgIpc) is 3.23. The minimum Gasteiger partial charge on any atom is -0.323 e. The molecule has 2 fully saturated rings. The number of hydrogen-bond acceptors (Lipinski definition) is 2. The molecule has 0 radical (unpaired) electrons. The third kappa shape index (κ3) is 2.81. The van der Waals surface area contributed by atoms with Gasteiger partial charge in [0.2, 0.25) is 11.8 Å². The van der Waals surface area contributed by atoms with Gasteiger partial charge in [-0.25, -0.2) is 0 Å². The number of carbonyl (C=O) groups excluding carboxylic acids is 2. The Kier molecular flexibility index (Phi) is 4.07. The van der Waals surface area contributed by atoms with Gasteiger partial charge in [-0.2, -0.15) is 0 Å². The van der Waals surface area contributed by atoms with Crippen molar-refractivity contribution in [2.75, 3.05) is 27.2 Å². The zero-order valence-corrected chi connectivity index (χ0v) is 16.2. The number of likely N-dealkylation sites (tertiary alicyclic amines) is 1. The molecule has 4 heteroatoms. The van der Waals surface area contributed by atoms with Crippen LogP contribution in [0.1, 0.15) is 23.1 Å². The molecule has 1 aromatic carbocycles. The maximum atomic E-state index is 12.8. The van der Waals surface area contributed by atoms with E-state index >= 15 is 0 Å². The molecular formula is C22H29N2O2+. The van der Waals surface area contributed by atoms with Crippen molar-refractivity contribution < 1.29 is 14.1 Å². The number of nitrogens with zero attached hydrogens (tertiary/aromatic N) is 2. The van der Waals surface area contributed by atoms with Gasteiger partial charge in [-0.05, 0) is 37.7 Å². The van der Waals surface area contributed by atoms with Crippen LogP contribution in [0.25, 0.3) is 0 Å². The van der Waals surface area contributed by atoms with Crippen molar-refractivity contribution >= 4 is 11.8 Å². The van der Waals surface area contributed by atoms with Crippen LogP contribution in [0.3, 0.4) is 0 Å². The molecule has 1 aromatic rings. The average molecular weight is 353 g/mol. The van der Waals surface area contributed by atoms with Gasteiger partial charge in [-0.1, -0.05) is 35.9 Å². The maximum absolute atomic E-state index is 12.8. The van der Waals surface area contributed by atoms with Crippen LogP contribution < -0.4 is 0 Å². The van der Waals surface area contributed by atoms with Crippen LogP contribution in [-0.2, 0) is 16.1 Å². The van der Waals surface area contributed by atoms with Crippen molar-refractivity contribution in [2.24, 2.45) is 23.7 Å². The van der Waals surface area contributed by atoms with Gasteiger partial charge >= 0.3 is 0 Å². The predicted octanol–water partition coefficient (Wildman–Crippen LogP) is 2.69. The number of aryl methyl sites for hydroxylation is 2. The molecule has 1 aliphatic heterocycles. The van der Waals surface area contributed by atoms with Crippen molar-refractivity contribution in [1.82, 2.24) is 4.90 Å². The van der Waals surface area contributed by atoms with Gasteiger partial charge in [0.25, 0.3) is 0 Å². The number of fused-ring (bicyclic) bond motifs is 5. The Morgan fingerprint density at radius 3 is 2.23 bits per heavy atom. The second-order valence-electron chi connectivity index (χ2n) is 9.08. The van der Waals surface area contributed by atoms with E-state index in [-0.39, 0.29) is 23.7 Å². The number of quaternary nitrogens is 1. The fourth-order valence-corrected chi connectivity index (χ4v) is 5.12. The number of imide groups is 1. The summed E-state index contributed by atoms with van der Waals surface area (Å²) in [5, 5.41) is 0. The van der Waals surface area contributed by atoms with Gasteiger partial charge in [-0.15, -0.1) is 0 Å². The van der Waals surface area contributed by atoms with Crippen LogP contribution in [-0.4, -0.2) is 48.4 Å². The molecule has 0 unspecified atom stereocenters. The largest absolute Gasteiger partial charge is 0.323 e. The van der Waals surface area contributed by atoms with E-state index in [0.29, 0.717) is 18.4 Å². The lowest BCUT2D eigenvalue weighted by Crippen LogP contribution is -2.46. The smallest absolute Gasteiger partial charge is 0.233 e. The van der Waals surface area contributed by atoms with Crippen molar-refractivity contribution in [2.45, 2.75) is 26.8 Å². The van der Waals surface area contributed by atoms with E-state index in [1.54, 1.807) is 4.90 Å². The lowest BCUT2D eigenvalue weighted by atomic mass is 9.85. The predicted molar refractivity (Wildman–Crippen MR) is 101 cm³/mol. The Hall–Kier alpha value is -1.94. The molecule has 26 heavy (non-hydrogen) atoms. The number of carbonyl (C=O) groups is 2. The van der Waals surface area contributed by atoms with Crippen LogP contribution in [0.5, 0.6) is 0 Å². The van der Waals surface area contributed by atoms with E-state index in [1.165, 1.54) is 16.7 Å². The highest BCUT2D eigenvalue weighted by Gasteiger charge is 2.59. The first-order valence-electron chi connectivity index (χ1n) is 9.68. The number of amides is 2. The monoisotopic (exact) mass is 353 g/mol. The molecule has 3 aliphatic rings. The quantitative estimate of drug-likeness (QED) is 0.464. The van der Waals surface area contributed by atoms with Crippen LogP contribution in [0.15, 0.2) is 30.4 Å². The molecule has 4 rings (SSSR count). The highest BCUT2D eigenvalue weighted by molar-refractivity contribution is 6.06. The SMILES string of the molecule is Cc1ccc(C[N+](C)(C)CCN2C(=O)[C@@H]3[C@@H](C2=O)[C@H]2C=C[C@H]3C2)c(C)c1. The Balaban J connectivity index is 1.42. The van der Waals surface area contributed by atoms with Crippen LogP contribution in [0, 0.1) is 37.5 Å². The molecule has 1 saturated carbocycles. The van der Waals surface area contributed by atoms with E-state index in [4.69, 9.17) is 0 Å². The first-order valence-corrected chi connectivity index (χ1v) is 9.68. The van der Waals surface area contributed by atoms with Crippen LogP contribution in [0.2, 0.25) is 0 Å². The topological polar surface area (TPSA) is 37.4 Å². The molecule has 2 aliphatic carbocycles. The Morgan fingerprint density at radius 2 is 1.65 bits per heavy atom. The fraction of sp³-hybridized carbons (Fsp3) is 0.545. The Bertz CT molecular complexity index is 765. The van der Waals surface area contributed by atoms with Crippen LogP contribution >= 0.6 is 0 Å². The summed E-state index contributed by atoms with van der Waals surface area (Å²) >= 11 is 0. The second kappa shape index (κ2) is 6.05. The third-order valence-electron chi connectivity index (χ3n) is 6.59. The second-order valence-corrected chi connectivity index (χ2v) is 9.08. The van der Waals surface area contributed by atoms with Gasteiger partial charge in [0.15, 0.2) is 0 Å². The molecule has 0 N–H and O–H groups in total. The highest BCUT2D eigenvalue weighted by Crippen LogP contribution is 2.52. The summed E-state index contributed by atoms with van der Waals surface area (Å²) < 4.78 is 0.765. The molecule has 1 heterocycles. The van der Waals surface area contributed by atoms with Crippen molar-refractivity contribution in [3.8, 4) is 0 Å². The number of benzene rings is 1. The molecule has 2 bridgehead atoms. The number of likely N-dealkylation sites (N-methyl/N-ethyl adjacent to an activating group) is 1. The van der Waals surface area contributed by atoms with Crippen molar-refractivity contribution in [3.05, 3.63) is 47.0 Å². The lowest BCUT2D eigenvalue weighted by molar-refractivity contribution is -0.902. The van der Waals surface area contributed by atoms with Gasteiger partial charge in [0.1, 0.15) is 6.54 Å². The minimum atomic E-state index is -0.0764. The number of rotatable bonds is 5. The first kappa shape index (κ1) is 17.5. The summed E-state index contributed by atoms with van der Waals surface area (Å²) in [4.78, 5) is 27.2. The van der Waals surface area contributed by atoms with E-state index in [0.717, 1.165) is 24.0 Å². The maximum Gasteiger partial charge on any atom is 0.233 e. The van der Waals surface area contributed by atoms with E-state index < -0.39 is 0 Å². The summed E-state index contributed by atoms with van der Waals surface area (Å²) in [6.45, 7) is 6.48. The van der Waals surface area contributed by atoms with Gasteiger partial charge in [-0.3, -0.25) is 14.5 Å². The fourth-order valence-electron chi connectivity index (χ4n) is 5.12. The van der Waals surface area contributed by atoms with Gasteiger partial charge in [0.05, 0.1) is 39.0 Å². The molecule has 4 atom stereocenters. The molecule has 2 amide bonds. The van der Waals surface area contributed by atoms with Crippen LogP contribution in [0.4, 0.5) is 0 Å². The normalized spacial score (nSPS) is 29.8. The van der Waals surface area contributed by atoms with E-state index in [1.807, 2.05) is 0 Å². The molecular weight excluding hydrogens is 324 g/mol. The summed E-state index contributed by atoms with van der Waals surface area (Å²) in [5.74, 6) is 0.583. The van der Waals surface area contributed by atoms with Gasteiger partial charge in [0, 0.05) is 5.56 Å². The zero-order valence-electron chi connectivity index (χ0n) is 16.2. The molecule has 138 valence electrons. The van der Waals surface area contributed by atoms with Crippen molar-refractivity contribution in [1.29, 1.82) is 0 Å². The molecule has 0 aromatic heterocycles. The zero-order chi connectivity index (χ0) is 18.6. The minimum absolute atomic E-state index is 0.0726. The highest BCUT2D eigenvalue weighted by atomic mass is 16.2. The summed E-state index contributed by atoms with van der Waals surface area (Å²) in [5.41, 5.74) is 3.92. The molecule has 0 spiro atoms. The summed E-state index contributed by atoms with van der Waals surface area (Å²) in [7, 11) is 4.35. The van der Waals surface area contributed by atoms with Crippen molar-refractivity contribution in [3.63, 3.8) is 0 Å². The standard InChI is InChI=1S/C22H29N2O2/c1-14-5-6-18(15(2)11-14)13-24(3,4)10-9-23-21(25)19-16-7-8-17(12-16)20(19)22(23)26/h5-8,11,16-17,19-20H,9-10,12-13H2,1-4H3/q+1/t16-,17-,19-,20-/m0/s1. The Labute approximate surface area is 156 Å². The number of allylic oxidation sites excluding steroid dienone is 2. The molecule has 4 nitrogen and oxygen atoms in total.